The van der Waals surface area contributed by atoms with Gasteiger partial charge in [-0.2, -0.15) is 0 Å². The topological polar surface area (TPSA) is 93.0 Å². The third kappa shape index (κ3) is 3.80. The smallest absolute Gasteiger partial charge is 0.228 e. The van der Waals surface area contributed by atoms with Gasteiger partial charge < -0.3 is 10.2 Å². The molecule has 152 valence electrons. The molecule has 1 aliphatic heterocycles. The number of benzene rings is 2. The van der Waals surface area contributed by atoms with E-state index >= 15 is 0 Å². The van der Waals surface area contributed by atoms with Crippen molar-refractivity contribution in [2.24, 2.45) is 0 Å². The highest BCUT2D eigenvalue weighted by Crippen LogP contribution is 2.36. The van der Waals surface area contributed by atoms with Gasteiger partial charge in [-0.25, -0.2) is 4.68 Å². The predicted molar refractivity (Wildman–Crippen MR) is 112 cm³/mol. The third-order valence-corrected chi connectivity index (χ3v) is 5.48. The van der Waals surface area contributed by atoms with E-state index in [-0.39, 0.29) is 18.2 Å². The van der Waals surface area contributed by atoms with Gasteiger partial charge in [-0.05, 0) is 59.5 Å². The molecule has 8 heteroatoms. The Kier molecular flexibility index (Phi) is 4.74. The Labute approximate surface area is 173 Å². The summed E-state index contributed by atoms with van der Waals surface area (Å²) >= 11 is 0. The lowest BCUT2D eigenvalue weighted by Crippen LogP contribution is -2.23. The molecule has 2 heterocycles. The second kappa shape index (κ2) is 7.70. The number of tetrazole rings is 1. The zero-order chi connectivity index (χ0) is 20.5. The van der Waals surface area contributed by atoms with Crippen molar-refractivity contribution in [3.8, 4) is 11.4 Å². The number of rotatable bonds is 6. The van der Waals surface area contributed by atoms with Gasteiger partial charge in [0, 0.05) is 29.9 Å². The lowest BCUT2D eigenvalue weighted by atomic mass is 10.1. The van der Waals surface area contributed by atoms with E-state index in [1.165, 1.54) is 0 Å². The molecule has 8 nitrogen and oxygen atoms in total. The summed E-state index contributed by atoms with van der Waals surface area (Å²) in [7, 11) is 0. The standard InChI is InChI=1S/C22H22N6O2/c29-20(13-15-6-8-18(9-7-15)27-12-2-5-21(27)30)23-17-4-1-3-16(14-17)22-24-25-26-28(22)19-10-11-19/h1,3-4,6-9,14,19H,2,5,10-13H2,(H,23,29). The quantitative estimate of drug-likeness (QED) is 0.684. The number of carbonyl (C=O) groups is 2. The first-order valence-corrected chi connectivity index (χ1v) is 10.2. The highest BCUT2D eigenvalue weighted by molar-refractivity contribution is 5.95. The maximum atomic E-state index is 12.5. The minimum atomic E-state index is -0.0982. The Morgan fingerprint density at radius 3 is 2.70 bits per heavy atom. The maximum Gasteiger partial charge on any atom is 0.228 e. The molecule has 1 saturated carbocycles. The van der Waals surface area contributed by atoms with Crippen molar-refractivity contribution in [1.29, 1.82) is 0 Å². The first kappa shape index (κ1) is 18.5. The van der Waals surface area contributed by atoms with Crippen LogP contribution in [0.3, 0.4) is 0 Å². The second-order valence-corrected chi connectivity index (χ2v) is 7.80. The molecular formula is C22H22N6O2. The van der Waals surface area contributed by atoms with Crippen LogP contribution in [0, 0.1) is 0 Å². The Morgan fingerprint density at radius 2 is 1.97 bits per heavy atom. The molecule has 5 rings (SSSR count). The summed E-state index contributed by atoms with van der Waals surface area (Å²) in [5.74, 6) is 0.785. The van der Waals surface area contributed by atoms with Crippen LogP contribution in [0.5, 0.6) is 0 Å². The van der Waals surface area contributed by atoms with Crippen LogP contribution in [-0.4, -0.2) is 38.6 Å². The third-order valence-electron chi connectivity index (χ3n) is 5.48. The van der Waals surface area contributed by atoms with E-state index in [1.54, 1.807) is 4.90 Å². The van der Waals surface area contributed by atoms with Crippen molar-refractivity contribution in [2.75, 3.05) is 16.8 Å². The van der Waals surface area contributed by atoms with Gasteiger partial charge in [0.05, 0.1) is 12.5 Å². The Bertz CT molecular complexity index is 1090. The highest BCUT2D eigenvalue weighted by Gasteiger charge is 2.28. The molecule has 0 unspecified atom stereocenters. The average Bonchev–Trinajstić information content (AvgIpc) is 3.31. The summed E-state index contributed by atoms with van der Waals surface area (Å²) in [6.45, 7) is 0.763. The number of aromatic nitrogens is 4. The Hall–Kier alpha value is -3.55. The fourth-order valence-corrected chi connectivity index (χ4v) is 3.79. The molecule has 1 N–H and O–H groups in total. The molecule has 1 aromatic heterocycles. The van der Waals surface area contributed by atoms with Crippen LogP contribution in [0.4, 0.5) is 11.4 Å². The molecule has 2 amide bonds. The normalized spacial score (nSPS) is 16.1. The highest BCUT2D eigenvalue weighted by atomic mass is 16.2. The fourth-order valence-electron chi connectivity index (χ4n) is 3.79. The van der Waals surface area contributed by atoms with Crippen molar-refractivity contribution >= 4 is 23.2 Å². The van der Waals surface area contributed by atoms with Gasteiger partial charge in [-0.3, -0.25) is 9.59 Å². The van der Waals surface area contributed by atoms with Crippen molar-refractivity contribution in [3.63, 3.8) is 0 Å². The first-order valence-electron chi connectivity index (χ1n) is 10.2. The van der Waals surface area contributed by atoms with Crippen LogP contribution in [0.2, 0.25) is 0 Å². The Morgan fingerprint density at radius 1 is 1.13 bits per heavy atom. The molecule has 2 fully saturated rings. The van der Waals surface area contributed by atoms with Gasteiger partial charge in [0.2, 0.25) is 11.8 Å². The van der Waals surface area contributed by atoms with Gasteiger partial charge in [0.25, 0.3) is 0 Å². The first-order chi connectivity index (χ1) is 14.7. The fraction of sp³-hybridized carbons (Fsp3) is 0.318. The molecule has 1 saturated heterocycles. The minimum Gasteiger partial charge on any atom is -0.326 e. The van der Waals surface area contributed by atoms with Crippen LogP contribution >= 0.6 is 0 Å². The molecule has 0 radical (unpaired) electrons. The largest absolute Gasteiger partial charge is 0.326 e. The van der Waals surface area contributed by atoms with E-state index in [0.29, 0.717) is 18.2 Å². The van der Waals surface area contributed by atoms with Gasteiger partial charge >= 0.3 is 0 Å². The van der Waals surface area contributed by atoms with Crippen LogP contribution in [0.1, 0.15) is 37.3 Å². The molecule has 0 spiro atoms. The number of nitrogens with one attached hydrogen (secondary N) is 1. The van der Waals surface area contributed by atoms with Crippen molar-refractivity contribution in [3.05, 3.63) is 54.1 Å². The maximum absolute atomic E-state index is 12.5. The Balaban J connectivity index is 1.24. The summed E-state index contributed by atoms with van der Waals surface area (Å²) in [6.07, 6.45) is 3.96. The lowest BCUT2D eigenvalue weighted by Gasteiger charge is -2.16. The number of carbonyl (C=O) groups excluding carboxylic acids is 2. The zero-order valence-corrected chi connectivity index (χ0v) is 16.5. The van der Waals surface area contributed by atoms with Crippen molar-refractivity contribution < 1.29 is 9.59 Å². The molecule has 3 aromatic rings. The molecule has 30 heavy (non-hydrogen) atoms. The van der Waals surface area contributed by atoms with Crippen LogP contribution in [0.15, 0.2) is 48.5 Å². The lowest BCUT2D eigenvalue weighted by molar-refractivity contribution is -0.117. The zero-order valence-electron chi connectivity index (χ0n) is 16.5. The number of hydrogen-bond acceptors (Lipinski definition) is 5. The average molecular weight is 402 g/mol. The molecule has 0 atom stereocenters. The molecular weight excluding hydrogens is 380 g/mol. The summed E-state index contributed by atoms with van der Waals surface area (Å²) in [4.78, 5) is 26.2. The molecule has 2 aliphatic rings. The van der Waals surface area contributed by atoms with E-state index in [9.17, 15) is 9.59 Å². The summed E-state index contributed by atoms with van der Waals surface area (Å²) in [5, 5.41) is 15.0. The van der Waals surface area contributed by atoms with Gasteiger partial charge in [0.1, 0.15) is 0 Å². The van der Waals surface area contributed by atoms with Crippen LogP contribution in [0.25, 0.3) is 11.4 Å². The van der Waals surface area contributed by atoms with Crippen molar-refractivity contribution in [1.82, 2.24) is 20.2 Å². The molecule has 1 aliphatic carbocycles. The summed E-state index contributed by atoms with van der Waals surface area (Å²) < 4.78 is 1.85. The van der Waals surface area contributed by atoms with E-state index < -0.39 is 0 Å². The van der Waals surface area contributed by atoms with Crippen molar-refractivity contribution in [2.45, 2.75) is 38.1 Å². The monoisotopic (exact) mass is 402 g/mol. The molecule has 2 aromatic carbocycles. The number of anilines is 2. The van der Waals surface area contributed by atoms with Gasteiger partial charge in [-0.15, -0.1) is 5.10 Å². The second-order valence-electron chi connectivity index (χ2n) is 7.80. The number of amides is 2. The van der Waals surface area contributed by atoms with Crippen LogP contribution < -0.4 is 10.2 Å². The van der Waals surface area contributed by atoms with Crippen LogP contribution in [-0.2, 0) is 16.0 Å². The predicted octanol–water partition coefficient (Wildman–Crippen LogP) is 2.98. The van der Waals surface area contributed by atoms with E-state index in [2.05, 4.69) is 20.8 Å². The van der Waals surface area contributed by atoms with E-state index in [4.69, 9.17) is 0 Å². The number of hydrogen-bond donors (Lipinski definition) is 1. The van der Waals surface area contributed by atoms with E-state index in [1.807, 2.05) is 53.2 Å². The van der Waals surface area contributed by atoms with E-state index in [0.717, 1.165) is 48.4 Å². The summed E-state index contributed by atoms with van der Waals surface area (Å²) in [5.41, 5.74) is 3.38. The summed E-state index contributed by atoms with van der Waals surface area (Å²) in [6, 6.07) is 15.6. The van der Waals surface area contributed by atoms with Gasteiger partial charge in [0.15, 0.2) is 5.82 Å². The minimum absolute atomic E-state index is 0.0982. The SMILES string of the molecule is O=C(Cc1ccc(N2CCCC2=O)cc1)Nc1cccc(-c2nnnn2C2CC2)c1. The van der Waals surface area contributed by atoms with Gasteiger partial charge in [-0.1, -0.05) is 24.3 Å². The molecule has 0 bridgehead atoms. The number of nitrogens with zero attached hydrogens (tertiary/aromatic N) is 5.